The van der Waals surface area contributed by atoms with Crippen LogP contribution < -0.4 is 0 Å². The summed E-state index contributed by atoms with van der Waals surface area (Å²) in [4.78, 5) is 31.8. The van der Waals surface area contributed by atoms with Gasteiger partial charge in [0, 0.05) is 24.5 Å². The quantitative estimate of drug-likeness (QED) is 0.0407. The van der Waals surface area contributed by atoms with Crippen molar-refractivity contribution in [2.75, 3.05) is 31.3 Å². The van der Waals surface area contributed by atoms with E-state index in [0.29, 0.717) is 18.8 Å². The molecule has 0 aliphatic heterocycles. The zero-order chi connectivity index (χ0) is 37.3. The van der Waals surface area contributed by atoms with Crippen molar-refractivity contribution in [3.63, 3.8) is 0 Å². The van der Waals surface area contributed by atoms with Crippen LogP contribution >= 0.6 is 0 Å². The van der Waals surface area contributed by atoms with E-state index >= 15 is 0 Å². The molecule has 0 amide bonds. The van der Waals surface area contributed by atoms with E-state index in [1.807, 2.05) is 0 Å². The highest BCUT2D eigenvalue weighted by atomic mass is 32.2. The third-order valence-electron chi connectivity index (χ3n) is 6.06. The second-order valence-corrected chi connectivity index (χ2v) is 12.9. The zero-order valence-corrected chi connectivity index (χ0v) is 28.9. The van der Waals surface area contributed by atoms with Crippen LogP contribution in [0.2, 0.25) is 0 Å². The summed E-state index contributed by atoms with van der Waals surface area (Å²) in [5, 5.41) is 0. The third kappa shape index (κ3) is 26.0. The van der Waals surface area contributed by atoms with Crippen molar-refractivity contribution in [3.8, 4) is 0 Å². The molecule has 0 saturated heterocycles. The van der Waals surface area contributed by atoms with Crippen molar-refractivity contribution in [1.82, 2.24) is 0 Å². The molecule has 0 atom stereocenters. The van der Waals surface area contributed by atoms with Gasteiger partial charge in [0.2, 0.25) is 0 Å². The van der Waals surface area contributed by atoms with Crippen LogP contribution in [0.1, 0.15) is 105 Å². The number of halogens is 7. The van der Waals surface area contributed by atoms with Crippen molar-refractivity contribution in [1.29, 1.82) is 0 Å². The summed E-state index contributed by atoms with van der Waals surface area (Å²) < 4.78 is 123. The molecule has 16 heteroatoms. The molecule has 47 heavy (non-hydrogen) atoms. The van der Waals surface area contributed by atoms with E-state index in [1.165, 1.54) is 71.6 Å². The predicted octanol–water partition coefficient (Wildman–Crippen LogP) is 8.34. The average molecular weight is 717 g/mol. The molecule has 0 aromatic rings. The monoisotopic (exact) mass is 716 g/mol. The van der Waals surface area contributed by atoms with Crippen LogP contribution in [-0.4, -0.2) is 75.7 Å². The van der Waals surface area contributed by atoms with E-state index in [9.17, 15) is 53.5 Å². The maximum absolute atomic E-state index is 13.3. The molecular formula is C31H51F7O8S. The first-order valence-corrected chi connectivity index (χ1v) is 17.1. The Morgan fingerprint density at radius 3 is 1.30 bits per heavy atom. The molecule has 0 rings (SSSR count). The molecular weight excluding hydrogens is 665 g/mol. The van der Waals surface area contributed by atoms with E-state index in [0.717, 1.165) is 6.42 Å². The Balaban J connectivity index is -0.000000715. The molecule has 0 spiro atoms. The molecule has 0 fully saturated rings. The standard InChI is InChI=1S/C16H30O2.C11H13F7O4S.C4H8O2/c1-4-5-6-7-8-9-10-11-12-13-14-18-16(17)15(2)3;1-7(2)8(19)22-4-6-23(20,21)5-3-9(12,10(13,14)15)11(16,17)18;1-3-6-4(2)5/h2,4-14H2,1,3H3;1,3-6H2,2H3;3H2,1-2H3. The Labute approximate surface area is 274 Å². The van der Waals surface area contributed by atoms with Crippen molar-refractivity contribution < 1.29 is 67.7 Å². The number of hydrogen-bond donors (Lipinski definition) is 0. The summed E-state index contributed by atoms with van der Waals surface area (Å²) in [6, 6.07) is 0. The lowest BCUT2D eigenvalue weighted by atomic mass is 10.0. The van der Waals surface area contributed by atoms with Gasteiger partial charge in [0.1, 0.15) is 6.61 Å². The largest absolute Gasteiger partial charge is 0.466 e. The number of sulfone groups is 1. The average Bonchev–Trinajstić information content (AvgIpc) is 2.93. The van der Waals surface area contributed by atoms with Gasteiger partial charge in [-0.3, -0.25) is 4.79 Å². The van der Waals surface area contributed by atoms with E-state index < -0.39 is 58.4 Å². The minimum absolute atomic E-state index is 0.0840. The van der Waals surface area contributed by atoms with Gasteiger partial charge in [-0.2, -0.15) is 26.3 Å². The van der Waals surface area contributed by atoms with Crippen LogP contribution in [-0.2, 0) is 38.4 Å². The minimum Gasteiger partial charge on any atom is -0.466 e. The van der Waals surface area contributed by atoms with Gasteiger partial charge in [-0.15, -0.1) is 0 Å². The van der Waals surface area contributed by atoms with Crippen LogP contribution in [0.5, 0.6) is 0 Å². The second-order valence-electron chi connectivity index (χ2n) is 10.6. The number of carbonyl (C=O) groups is 3. The maximum atomic E-state index is 13.3. The lowest BCUT2D eigenvalue weighted by Gasteiger charge is -2.29. The lowest BCUT2D eigenvalue weighted by Crippen LogP contribution is -2.54. The fourth-order valence-electron chi connectivity index (χ4n) is 3.31. The van der Waals surface area contributed by atoms with E-state index in [-0.39, 0.29) is 17.5 Å². The SMILES string of the molecule is C=C(C)C(=O)OCCCCCCCCCCCC.C=C(C)C(=O)OCCS(=O)(=O)CCC(F)(C(F)(F)F)C(F)(F)F.CCOC(C)=O. The first kappa shape index (κ1) is 48.7. The highest BCUT2D eigenvalue weighted by Crippen LogP contribution is 2.48. The van der Waals surface area contributed by atoms with Crippen LogP contribution in [0.15, 0.2) is 24.3 Å². The molecule has 0 saturated carbocycles. The second kappa shape index (κ2) is 25.4. The summed E-state index contributed by atoms with van der Waals surface area (Å²) >= 11 is 0. The van der Waals surface area contributed by atoms with Gasteiger partial charge in [-0.05, 0) is 27.2 Å². The van der Waals surface area contributed by atoms with E-state index in [2.05, 4.69) is 29.6 Å². The summed E-state index contributed by atoms with van der Waals surface area (Å²) in [6.45, 7) is 15.3. The van der Waals surface area contributed by atoms with Gasteiger partial charge in [0.25, 0.3) is 5.67 Å². The number of esters is 3. The van der Waals surface area contributed by atoms with Crippen LogP contribution in [0, 0.1) is 0 Å². The summed E-state index contributed by atoms with van der Waals surface area (Å²) in [7, 11) is -4.50. The molecule has 0 aromatic carbocycles. The number of ether oxygens (including phenoxy) is 3. The Morgan fingerprint density at radius 2 is 0.979 bits per heavy atom. The van der Waals surface area contributed by atoms with E-state index in [4.69, 9.17) is 4.74 Å². The molecule has 0 heterocycles. The molecule has 0 aliphatic carbocycles. The predicted molar refractivity (Wildman–Crippen MR) is 165 cm³/mol. The first-order chi connectivity index (χ1) is 21.5. The Hall–Kier alpha value is -2.65. The summed E-state index contributed by atoms with van der Waals surface area (Å²) in [5.41, 5.74) is -5.23. The molecule has 0 aliphatic rings. The molecule has 0 aromatic heterocycles. The normalized spacial score (nSPS) is 11.7. The topological polar surface area (TPSA) is 113 Å². The fourth-order valence-corrected chi connectivity index (χ4v) is 4.44. The number of unbranched alkanes of at least 4 members (excludes halogenated alkanes) is 9. The molecule has 0 unspecified atom stereocenters. The van der Waals surface area contributed by atoms with Crippen LogP contribution in [0.25, 0.3) is 0 Å². The number of hydrogen-bond acceptors (Lipinski definition) is 8. The van der Waals surface area contributed by atoms with Crippen molar-refractivity contribution in [3.05, 3.63) is 24.3 Å². The van der Waals surface area contributed by atoms with Gasteiger partial charge in [0.05, 0.1) is 24.7 Å². The molecule has 278 valence electrons. The van der Waals surface area contributed by atoms with Gasteiger partial charge in [0.15, 0.2) is 9.84 Å². The highest BCUT2D eigenvalue weighted by molar-refractivity contribution is 7.91. The molecule has 0 bridgehead atoms. The van der Waals surface area contributed by atoms with Crippen molar-refractivity contribution in [2.45, 2.75) is 123 Å². The van der Waals surface area contributed by atoms with Gasteiger partial charge in [-0.25, -0.2) is 22.4 Å². The number of rotatable bonds is 20. The smallest absolute Gasteiger partial charge is 0.431 e. The van der Waals surface area contributed by atoms with Crippen molar-refractivity contribution >= 4 is 27.7 Å². The molecule has 0 N–H and O–H groups in total. The van der Waals surface area contributed by atoms with Gasteiger partial charge >= 0.3 is 30.3 Å². The summed E-state index contributed by atoms with van der Waals surface area (Å²) in [5.74, 6) is -4.21. The number of alkyl halides is 7. The van der Waals surface area contributed by atoms with Gasteiger partial charge in [-0.1, -0.05) is 77.9 Å². The van der Waals surface area contributed by atoms with E-state index in [1.54, 1.807) is 13.8 Å². The van der Waals surface area contributed by atoms with Gasteiger partial charge < -0.3 is 14.2 Å². The number of carbonyl (C=O) groups excluding carboxylic acids is 3. The van der Waals surface area contributed by atoms with Crippen molar-refractivity contribution in [2.24, 2.45) is 0 Å². The Bertz CT molecular complexity index is 1030. The molecule has 8 nitrogen and oxygen atoms in total. The first-order valence-electron chi connectivity index (χ1n) is 15.3. The maximum Gasteiger partial charge on any atom is 0.431 e. The van der Waals surface area contributed by atoms with Crippen LogP contribution in [0.4, 0.5) is 30.7 Å². The zero-order valence-electron chi connectivity index (χ0n) is 28.0. The van der Waals surface area contributed by atoms with Crippen LogP contribution in [0.3, 0.4) is 0 Å². The summed E-state index contributed by atoms with van der Waals surface area (Å²) in [6.07, 6.45) is -2.00. The third-order valence-corrected chi connectivity index (χ3v) is 7.67. The lowest BCUT2D eigenvalue weighted by molar-refractivity contribution is -0.341. The molecule has 0 radical (unpaired) electrons. The minimum atomic E-state index is -6.31. The fraction of sp³-hybridized carbons (Fsp3) is 0.774. The highest BCUT2D eigenvalue weighted by Gasteiger charge is 2.72. The Kier molecular flexibility index (Phi) is 26.3. The Morgan fingerprint density at radius 1 is 0.596 bits per heavy atom.